The molecule has 4 heteroatoms. The molecule has 0 N–H and O–H groups in total. The lowest BCUT2D eigenvalue weighted by Gasteiger charge is -2.42. The maximum absolute atomic E-state index is 12.6. The highest BCUT2D eigenvalue weighted by Crippen LogP contribution is 2.22. The molecular weight excluding hydrogens is 264 g/mol. The number of benzene rings is 1. The Balaban J connectivity index is 1.75. The van der Waals surface area contributed by atoms with Crippen LogP contribution in [-0.4, -0.2) is 54.3 Å². The summed E-state index contributed by atoms with van der Waals surface area (Å²) in [5.74, 6) is 0.143. The molecule has 0 radical (unpaired) electrons. The van der Waals surface area contributed by atoms with E-state index >= 15 is 0 Å². The van der Waals surface area contributed by atoms with Crippen LogP contribution in [0.3, 0.4) is 0 Å². The minimum atomic E-state index is 0.143. The zero-order valence-corrected chi connectivity index (χ0v) is 12.9. The van der Waals surface area contributed by atoms with Crippen LogP contribution in [-0.2, 0) is 0 Å². The maximum atomic E-state index is 12.6. The highest BCUT2D eigenvalue weighted by Gasteiger charge is 2.28. The van der Waals surface area contributed by atoms with Crippen LogP contribution in [0.2, 0.25) is 0 Å². The minimum Gasteiger partial charge on any atom is -0.464 e. The molecule has 1 aromatic heterocycles. The number of likely N-dealkylation sites (N-methyl/N-ethyl adjacent to an activating group) is 1. The van der Waals surface area contributed by atoms with Crippen LogP contribution in [0.5, 0.6) is 0 Å². The molecule has 0 spiro atoms. The van der Waals surface area contributed by atoms with Gasteiger partial charge in [-0.05, 0) is 27.0 Å². The number of rotatable bonds is 3. The predicted octanol–water partition coefficient (Wildman–Crippen LogP) is 2.64. The van der Waals surface area contributed by atoms with E-state index in [0.717, 1.165) is 24.1 Å². The topological polar surface area (TPSA) is 36.7 Å². The number of furan rings is 1. The highest BCUT2D eigenvalue weighted by molar-refractivity contribution is 6.08. The Labute approximate surface area is 125 Å². The van der Waals surface area contributed by atoms with Gasteiger partial charge in [0.2, 0.25) is 0 Å². The molecule has 2 aromatic rings. The SMILES string of the molecule is CC1CN(CC(=O)c2coc3ccccc23)CC(C)N1C. The van der Waals surface area contributed by atoms with Gasteiger partial charge in [0, 0.05) is 30.6 Å². The van der Waals surface area contributed by atoms with Crippen LogP contribution in [0.1, 0.15) is 24.2 Å². The monoisotopic (exact) mass is 286 g/mol. The van der Waals surface area contributed by atoms with E-state index < -0.39 is 0 Å². The number of hydrogen-bond acceptors (Lipinski definition) is 4. The second kappa shape index (κ2) is 5.62. The van der Waals surface area contributed by atoms with Crippen molar-refractivity contribution in [2.75, 3.05) is 26.7 Å². The summed E-state index contributed by atoms with van der Waals surface area (Å²) in [4.78, 5) is 17.2. The van der Waals surface area contributed by atoms with E-state index in [4.69, 9.17) is 4.42 Å². The molecule has 0 saturated carbocycles. The van der Waals surface area contributed by atoms with Crippen LogP contribution in [0.15, 0.2) is 34.9 Å². The second-order valence-corrected chi connectivity index (χ2v) is 6.13. The van der Waals surface area contributed by atoms with Gasteiger partial charge in [-0.1, -0.05) is 18.2 Å². The number of Topliss-reactive ketones (excluding diaryl/α,β-unsaturated/α-hetero) is 1. The molecule has 0 aliphatic carbocycles. The van der Waals surface area contributed by atoms with Crippen LogP contribution >= 0.6 is 0 Å². The molecule has 1 fully saturated rings. The molecule has 1 saturated heterocycles. The number of fused-ring (bicyclic) bond motifs is 1. The van der Waals surface area contributed by atoms with Gasteiger partial charge in [-0.25, -0.2) is 0 Å². The first-order chi connectivity index (χ1) is 10.1. The van der Waals surface area contributed by atoms with Crippen molar-refractivity contribution < 1.29 is 9.21 Å². The molecule has 1 aliphatic heterocycles. The molecule has 1 aliphatic rings. The number of ketones is 1. The van der Waals surface area contributed by atoms with Gasteiger partial charge in [0.05, 0.1) is 12.1 Å². The number of nitrogens with zero attached hydrogens (tertiary/aromatic N) is 2. The summed E-state index contributed by atoms with van der Waals surface area (Å²) in [6.45, 7) is 6.75. The van der Waals surface area contributed by atoms with E-state index in [0.29, 0.717) is 24.2 Å². The van der Waals surface area contributed by atoms with E-state index in [1.807, 2.05) is 24.3 Å². The smallest absolute Gasteiger partial charge is 0.180 e. The minimum absolute atomic E-state index is 0.143. The van der Waals surface area contributed by atoms with Gasteiger partial charge < -0.3 is 4.42 Å². The third-order valence-electron chi connectivity index (χ3n) is 4.58. The van der Waals surface area contributed by atoms with E-state index in [9.17, 15) is 4.79 Å². The highest BCUT2D eigenvalue weighted by atomic mass is 16.3. The van der Waals surface area contributed by atoms with Crippen LogP contribution in [0.25, 0.3) is 11.0 Å². The molecular formula is C17H22N2O2. The molecule has 2 heterocycles. The summed E-state index contributed by atoms with van der Waals surface area (Å²) in [6, 6.07) is 8.65. The average Bonchev–Trinajstić information content (AvgIpc) is 2.88. The van der Waals surface area contributed by atoms with Gasteiger partial charge in [0.1, 0.15) is 11.8 Å². The van der Waals surface area contributed by atoms with Gasteiger partial charge in [0.25, 0.3) is 0 Å². The molecule has 2 atom stereocenters. The second-order valence-electron chi connectivity index (χ2n) is 6.13. The van der Waals surface area contributed by atoms with E-state index in [-0.39, 0.29) is 5.78 Å². The van der Waals surface area contributed by atoms with Gasteiger partial charge in [-0.3, -0.25) is 14.6 Å². The number of piperazine rings is 1. The zero-order chi connectivity index (χ0) is 15.0. The first-order valence-corrected chi connectivity index (χ1v) is 7.50. The Kier molecular flexibility index (Phi) is 3.83. The zero-order valence-electron chi connectivity index (χ0n) is 12.9. The number of hydrogen-bond donors (Lipinski definition) is 0. The Morgan fingerprint density at radius 2 is 1.90 bits per heavy atom. The van der Waals surface area contributed by atoms with Crippen molar-refractivity contribution in [3.05, 3.63) is 36.1 Å². The van der Waals surface area contributed by atoms with Crippen molar-refractivity contribution in [3.63, 3.8) is 0 Å². The van der Waals surface area contributed by atoms with E-state index in [1.54, 1.807) is 6.26 Å². The first-order valence-electron chi connectivity index (χ1n) is 7.50. The fraction of sp³-hybridized carbons (Fsp3) is 0.471. The van der Waals surface area contributed by atoms with Crippen molar-refractivity contribution in [1.29, 1.82) is 0 Å². The summed E-state index contributed by atoms with van der Waals surface area (Å²) < 4.78 is 5.47. The number of carbonyl (C=O) groups excluding carboxylic acids is 1. The first kappa shape index (κ1) is 14.3. The third kappa shape index (κ3) is 2.74. The molecule has 4 nitrogen and oxygen atoms in total. The van der Waals surface area contributed by atoms with Crippen molar-refractivity contribution in [2.24, 2.45) is 0 Å². The summed E-state index contributed by atoms with van der Waals surface area (Å²) in [7, 11) is 2.15. The molecule has 112 valence electrons. The Bertz CT molecular complexity index is 637. The van der Waals surface area contributed by atoms with Crippen molar-refractivity contribution >= 4 is 16.8 Å². The van der Waals surface area contributed by atoms with Crippen molar-refractivity contribution in [1.82, 2.24) is 9.80 Å². The Morgan fingerprint density at radius 1 is 1.24 bits per heavy atom. The van der Waals surface area contributed by atoms with Crippen LogP contribution in [0.4, 0.5) is 0 Å². The molecule has 0 bridgehead atoms. The largest absolute Gasteiger partial charge is 0.464 e. The average molecular weight is 286 g/mol. The third-order valence-corrected chi connectivity index (χ3v) is 4.58. The molecule has 0 amide bonds. The van der Waals surface area contributed by atoms with Crippen molar-refractivity contribution in [2.45, 2.75) is 25.9 Å². The number of carbonyl (C=O) groups is 1. The standard InChI is InChI=1S/C17H22N2O2/c1-12-8-19(9-13(2)18(12)3)10-16(20)15-11-21-17-7-5-4-6-14(15)17/h4-7,11-13H,8-10H2,1-3H3. The normalized spacial score (nSPS) is 24.5. The summed E-state index contributed by atoms with van der Waals surface area (Å²) in [6.07, 6.45) is 1.59. The van der Waals surface area contributed by atoms with E-state index in [1.165, 1.54) is 0 Å². The fourth-order valence-corrected chi connectivity index (χ4v) is 3.12. The van der Waals surface area contributed by atoms with Gasteiger partial charge in [-0.2, -0.15) is 0 Å². The lowest BCUT2D eigenvalue weighted by atomic mass is 10.1. The van der Waals surface area contributed by atoms with Gasteiger partial charge in [-0.15, -0.1) is 0 Å². The van der Waals surface area contributed by atoms with E-state index in [2.05, 4.69) is 30.7 Å². The Hall–Kier alpha value is -1.65. The molecule has 21 heavy (non-hydrogen) atoms. The fourth-order valence-electron chi connectivity index (χ4n) is 3.12. The maximum Gasteiger partial charge on any atom is 0.180 e. The lowest BCUT2D eigenvalue weighted by Crippen LogP contribution is -2.55. The summed E-state index contributed by atoms with van der Waals surface area (Å²) >= 11 is 0. The summed E-state index contributed by atoms with van der Waals surface area (Å²) in [5.41, 5.74) is 1.48. The van der Waals surface area contributed by atoms with Crippen LogP contribution < -0.4 is 0 Å². The lowest BCUT2D eigenvalue weighted by molar-refractivity contribution is 0.0550. The molecule has 2 unspecified atom stereocenters. The Morgan fingerprint density at radius 3 is 2.62 bits per heavy atom. The van der Waals surface area contributed by atoms with Gasteiger partial charge in [0.15, 0.2) is 5.78 Å². The van der Waals surface area contributed by atoms with Gasteiger partial charge >= 0.3 is 0 Å². The molecule has 1 aromatic carbocycles. The number of para-hydroxylation sites is 1. The quantitative estimate of drug-likeness (QED) is 0.813. The van der Waals surface area contributed by atoms with Crippen molar-refractivity contribution in [3.8, 4) is 0 Å². The summed E-state index contributed by atoms with van der Waals surface area (Å²) in [5, 5.41) is 0.915. The molecule has 3 rings (SSSR count). The van der Waals surface area contributed by atoms with Crippen LogP contribution in [0, 0.1) is 0 Å². The predicted molar refractivity (Wildman–Crippen MR) is 83.7 cm³/mol.